The average molecular weight is 293 g/mol. The number of hydrogen-bond donors (Lipinski definition) is 3. The molecule has 2 heterocycles. The van der Waals surface area contributed by atoms with E-state index in [-0.39, 0.29) is 5.69 Å². The summed E-state index contributed by atoms with van der Waals surface area (Å²) in [6.45, 7) is 1.71. The Morgan fingerprint density at radius 1 is 1.35 bits per heavy atom. The Morgan fingerprint density at radius 3 is 2.65 bits per heavy atom. The Hall–Kier alpha value is -2.55. The number of anilines is 1. The van der Waals surface area contributed by atoms with Gasteiger partial charge in [-0.05, 0) is 6.92 Å². The number of carboxylic acid groups (broad SMARTS) is 1. The lowest BCUT2D eigenvalue weighted by molar-refractivity contribution is 0.0691. The molecule has 9 heteroatoms. The van der Waals surface area contributed by atoms with Gasteiger partial charge in [-0.3, -0.25) is 0 Å². The topological polar surface area (TPSA) is 117 Å². The molecule has 0 bridgehead atoms. The molecule has 2 aromatic heterocycles. The summed E-state index contributed by atoms with van der Waals surface area (Å²) in [6.07, 6.45) is 4.28. The molecule has 0 aliphatic carbocycles. The predicted molar refractivity (Wildman–Crippen MR) is 71.7 cm³/mol. The maximum absolute atomic E-state index is 11.7. The maximum Gasteiger partial charge on any atom is 0.355 e. The van der Waals surface area contributed by atoms with Crippen molar-refractivity contribution in [3.63, 3.8) is 0 Å². The van der Waals surface area contributed by atoms with Gasteiger partial charge in [0.05, 0.1) is 24.1 Å². The molecule has 3 N–H and O–H groups in total. The zero-order valence-electron chi connectivity index (χ0n) is 10.4. The molecule has 0 saturated heterocycles. The van der Waals surface area contributed by atoms with E-state index in [2.05, 4.69) is 25.6 Å². The highest BCUT2D eigenvalue weighted by atomic mass is 32.1. The number of nitrogens with one attached hydrogen (secondary N) is 2. The summed E-state index contributed by atoms with van der Waals surface area (Å²) < 4.78 is 0. The molecule has 0 radical (unpaired) electrons. The third-order valence-corrected chi connectivity index (χ3v) is 3.30. The van der Waals surface area contributed by atoms with E-state index < -0.39 is 18.0 Å². The van der Waals surface area contributed by atoms with Crippen LogP contribution in [0, 0.1) is 0 Å². The van der Waals surface area contributed by atoms with Gasteiger partial charge in [-0.15, -0.1) is 11.3 Å². The van der Waals surface area contributed by atoms with Gasteiger partial charge in [0.1, 0.15) is 11.3 Å². The zero-order valence-corrected chi connectivity index (χ0v) is 11.2. The molecule has 20 heavy (non-hydrogen) atoms. The average Bonchev–Trinajstić information content (AvgIpc) is 2.89. The third kappa shape index (κ3) is 3.48. The van der Waals surface area contributed by atoms with E-state index in [9.17, 15) is 9.59 Å². The van der Waals surface area contributed by atoms with Crippen LogP contribution in [-0.4, -0.2) is 32.1 Å². The molecule has 0 fully saturated rings. The number of rotatable bonds is 4. The largest absolute Gasteiger partial charge is 0.476 e. The van der Waals surface area contributed by atoms with Gasteiger partial charge in [0, 0.05) is 5.38 Å². The molecule has 8 nitrogen and oxygen atoms in total. The zero-order chi connectivity index (χ0) is 14.5. The van der Waals surface area contributed by atoms with Crippen molar-refractivity contribution in [1.82, 2.24) is 20.3 Å². The molecular weight excluding hydrogens is 282 g/mol. The number of carbonyl (C=O) groups is 2. The lowest BCUT2D eigenvalue weighted by Crippen LogP contribution is -2.31. The number of hydrogen-bond acceptors (Lipinski definition) is 6. The van der Waals surface area contributed by atoms with Gasteiger partial charge in [0.15, 0.2) is 5.69 Å². The van der Waals surface area contributed by atoms with Crippen LogP contribution < -0.4 is 10.6 Å². The Kier molecular flexibility index (Phi) is 4.20. The van der Waals surface area contributed by atoms with Gasteiger partial charge in [-0.2, -0.15) is 0 Å². The summed E-state index contributed by atoms with van der Waals surface area (Å²) in [4.78, 5) is 33.9. The van der Waals surface area contributed by atoms with Crippen LogP contribution in [0.4, 0.5) is 10.5 Å². The van der Waals surface area contributed by atoms with Crippen molar-refractivity contribution in [3.05, 3.63) is 34.8 Å². The quantitative estimate of drug-likeness (QED) is 0.786. The van der Waals surface area contributed by atoms with Crippen molar-refractivity contribution in [2.45, 2.75) is 13.0 Å². The van der Waals surface area contributed by atoms with E-state index in [1.165, 1.54) is 35.4 Å². The van der Waals surface area contributed by atoms with E-state index in [1.54, 1.807) is 6.92 Å². The lowest BCUT2D eigenvalue weighted by atomic mass is 10.3. The van der Waals surface area contributed by atoms with Crippen molar-refractivity contribution < 1.29 is 14.7 Å². The van der Waals surface area contributed by atoms with Gasteiger partial charge >= 0.3 is 12.0 Å². The van der Waals surface area contributed by atoms with Crippen LogP contribution in [0.5, 0.6) is 0 Å². The molecule has 2 amide bonds. The Morgan fingerprint density at radius 2 is 2.05 bits per heavy atom. The molecule has 0 spiro atoms. The van der Waals surface area contributed by atoms with Crippen LogP contribution in [0.25, 0.3) is 0 Å². The van der Waals surface area contributed by atoms with E-state index in [4.69, 9.17) is 5.11 Å². The minimum Gasteiger partial charge on any atom is -0.476 e. The predicted octanol–water partition coefficient (Wildman–Crippen LogP) is 1.51. The minimum absolute atomic E-state index is 0.0319. The molecule has 0 saturated carbocycles. The standard InChI is InChI=1S/C11H11N5O3S/c1-6(9-16-8(4-20-9)10(17)18)14-11(19)15-7-2-12-5-13-3-7/h2-6H,1H3,(H,17,18)(H2,14,15,19). The molecule has 0 aliphatic heterocycles. The van der Waals surface area contributed by atoms with Crippen LogP contribution in [-0.2, 0) is 0 Å². The number of nitrogens with zero attached hydrogens (tertiary/aromatic N) is 3. The van der Waals surface area contributed by atoms with Crippen molar-refractivity contribution in [3.8, 4) is 0 Å². The van der Waals surface area contributed by atoms with Gasteiger partial charge in [-0.25, -0.2) is 24.5 Å². The van der Waals surface area contributed by atoms with Crippen molar-refractivity contribution in [2.75, 3.05) is 5.32 Å². The molecule has 0 aliphatic rings. The van der Waals surface area contributed by atoms with Gasteiger partial charge in [-0.1, -0.05) is 0 Å². The first-order valence-corrected chi connectivity index (χ1v) is 6.45. The highest BCUT2D eigenvalue weighted by molar-refractivity contribution is 7.09. The van der Waals surface area contributed by atoms with E-state index in [0.29, 0.717) is 10.7 Å². The monoisotopic (exact) mass is 293 g/mol. The van der Waals surface area contributed by atoms with E-state index in [0.717, 1.165) is 0 Å². The summed E-state index contributed by atoms with van der Waals surface area (Å²) in [5.41, 5.74) is 0.429. The smallest absolute Gasteiger partial charge is 0.355 e. The van der Waals surface area contributed by atoms with Crippen LogP contribution in [0.2, 0.25) is 0 Å². The van der Waals surface area contributed by atoms with Crippen molar-refractivity contribution in [2.24, 2.45) is 0 Å². The molecular formula is C11H11N5O3S. The third-order valence-electron chi connectivity index (χ3n) is 2.28. The van der Waals surface area contributed by atoms with Gasteiger partial charge in [0.25, 0.3) is 0 Å². The summed E-state index contributed by atoms with van der Waals surface area (Å²) in [5.74, 6) is -1.09. The molecule has 1 atom stereocenters. The first-order chi connectivity index (χ1) is 9.56. The summed E-state index contributed by atoms with van der Waals surface area (Å²) in [5, 5.41) is 15.9. The molecule has 2 rings (SSSR count). The number of carboxylic acids is 1. The van der Waals surface area contributed by atoms with E-state index >= 15 is 0 Å². The number of amides is 2. The maximum atomic E-state index is 11.7. The Balaban J connectivity index is 1.95. The normalized spacial score (nSPS) is 11.7. The second kappa shape index (κ2) is 6.06. The summed E-state index contributed by atoms with van der Waals surface area (Å²) in [7, 11) is 0. The fourth-order valence-corrected chi connectivity index (χ4v) is 2.17. The molecule has 0 aromatic carbocycles. The van der Waals surface area contributed by atoms with Crippen LogP contribution in [0.1, 0.15) is 28.5 Å². The van der Waals surface area contributed by atoms with E-state index in [1.807, 2.05) is 0 Å². The van der Waals surface area contributed by atoms with Crippen LogP contribution in [0.3, 0.4) is 0 Å². The fraction of sp³-hybridized carbons (Fsp3) is 0.182. The highest BCUT2D eigenvalue weighted by Gasteiger charge is 2.15. The minimum atomic E-state index is -1.09. The first-order valence-electron chi connectivity index (χ1n) is 5.57. The lowest BCUT2D eigenvalue weighted by Gasteiger charge is -2.11. The van der Waals surface area contributed by atoms with Crippen molar-refractivity contribution in [1.29, 1.82) is 0 Å². The number of aromatic nitrogens is 3. The summed E-state index contributed by atoms with van der Waals surface area (Å²) >= 11 is 1.18. The molecule has 2 aromatic rings. The molecule has 104 valence electrons. The second-order valence-electron chi connectivity index (χ2n) is 3.82. The van der Waals surface area contributed by atoms with Gasteiger partial charge in [0.2, 0.25) is 0 Å². The van der Waals surface area contributed by atoms with Crippen LogP contribution in [0.15, 0.2) is 24.1 Å². The number of aromatic carboxylic acids is 1. The number of urea groups is 1. The number of carbonyl (C=O) groups excluding carboxylic acids is 1. The molecule has 1 unspecified atom stereocenters. The second-order valence-corrected chi connectivity index (χ2v) is 4.71. The highest BCUT2D eigenvalue weighted by Crippen LogP contribution is 2.18. The Labute approximate surface area is 117 Å². The van der Waals surface area contributed by atoms with Crippen molar-refractivity contribution >= 4 is 29.0 Å². The van der Waals surface area contributed by atoms with Crippen LogP contribution >= 0.6 is 11.3 Å². The fourth-order valence-electron chi connectivity index (χ4n) is 1.37. The van der Waals surface area contributed by atoms with Gasteiger partial charge < -0.3 is 15.7 Å². The Bertz CT molecular complexity index is 616. The first kappa shape index (κ1) is 13.9. The summed E-state index contributed by atoms with van der Waals surface area (Å²) in [6, 6.07) is -0.850. The number of thiazole rings is 1. The SMILES string of the molecule is CC(NC(=O)Nc1cncnc1)c1nc(C(=O)O)cs1.